The second-order valence-electron chi connectivity index (χ2n) is 5.82. The van der Waals surface area contributed by atoms with E-state index in [0.29, 0.717) is 6.54 Å². The maximum atomic E-state index is 11.8. The Morgan fingerprint density at radius 3 is 2.50 bits per heavy atom. The van der Waals surface area contributed by atoms with Crippen LogP contribution in [-0.2, 0) is 0 Å². The Hall–Kier alpha value is -0.770. The molecule has 1 aliphatic carbocycles. The molecule has 0 spiro atoms. The Labute approximate surface area is 98.0 Å². The summed E-state index contributed by atoms with van der Waals surface area (Å²) in [6.07, 6.45) is 2.73. The molecular weight excluding hydrogens is 204 g/mol. The first kappa shape index (κ1) is 13.3. The maximum Gasteiger partial charge on any atom is 0.317 e. The summed E-state index contributed by atoms with van der Waals surface area (Å²) in [7, 11) is 1.78. The Kier molecular flexibility index (Phi) is 4.19. The van der Waals surface area contributed by atoms with Gasteiger partial charge in [0, 0.05) is 25.0 Å². The normalized spacial score (nSPS) is 25.6. The molecule has 2 unspecified atom stereocenters. The Morgan fingerprint density at radius 1 is 1.44 bits per heavy atom. The lowest BCUT2D eigenvalue weighted by Gasteiger charge is -2.28. The van der Waals surface area contributed by atoms with E-state index in [0.717, 1.165) is 19.3 Å². The molecule has 16 heavy (non-hydrogen) atoms. The van der Waals surface area contributed by atoms with E-state index in [4.69, 9.17) is 0 Å². The van der Waals surface area contributed by atoms with Gasteiger partial charge in [0.05, 0.1) is 6.10 Å². The van der Waals surface area contributed by atoms with Crippen LogP contribution in [0, 0.1) is 5.92 Å². The number of rotatable bonds is 2. The summed E-state index contributed by atoms with van der Waals surface area (Å²) < 4.78 is 0. The van der Waals surface area contributed by atoms with Crippen LogP contribution in [-0.4, -0.2) is 41.3 Å². The minimum Gasteiger partial charge on any atom is -0.393 e. The molecule has 0 saturated heterocycles. The van der Waals surface area contributed by atoms with Gasteiger partial charge >= 0.3 is 6.03 Å². The molecule has 0 aromatic carbocycles. The van der Waals surface area contributed by atoms with Crippen molar-refractivity contribution in [1.29, 1.82) is 0 Å². The largest absolute Gasteiger partial charge is 0.393 e. The number of aliphatic hydroxyl groups excluding tert-OH is 1. The van der Waals surface area contributed by atoms with Crippen molar-refractivity contribution >= 4 is 6.03 Å². The third-order valence-electron chi connectivity index (χ3n) is 2.96. The summed E-state index contributed by atoms with van der Waals surface area (Å²) in [5, 5.41) is 12.6. The van der Waals surface area contributed by atoms with Crippen LogP contribution in [0.25, 0.3) is 0 Å². The van der Waals surface area contributed by atoms with Crippen LogP contribution >= 0.6 is 0 Å². The van der Waals surface area contributed by atoms with Gasteiger partial charge in [0.25, 0.3) is 0 Å². The van der Waals surface area contributed by atoms with Crippen molar-refractivity contribution in [2.45, 2.75) is 51.7 Å². The quantitative estimate of drug-likeness (QED) is 0.754. The van der Waals surface area contributed by atoms with Gasteiger partial charge in [-0.2, -0.15) is 0 Å². The smallest absolute Gasteiger partial charge is 0.317 e. The third-order valence-corrected chi connectivity index (χ3v) is 2.96. The second kappa shape index (κ2) is 5.04. The molecule has 0 bridgehead atoms. The molecule has 4 nitrogen and oxygen atoms in total. The van der Waals surface area contributed by atoms with Crippen LogP contribution in [0.3, 0.4) is 0 Å². The fourth-order valence-electron chi connectivity index (χ4n) is 2.08. The van der Waals surface area contributed by atoms with Crippen molar-refractivity contribution in [2.75, 3.05) is 13.6 Å². The fraction of sp³-hybridized carbons (Fsp3) is 0.917. The van der Waals surface area contributed by atoms with Gasteiger partial charge in [-0.25, -0.2) is 4.79 Å². The van der Waals surface area contributed by atoms with Gasteiger partial charge < -0.3 is 15.3 Å². The SMILES string of the molecule is CN(CC1CCCC1O)C(=O)NC(C)(C)C. The molecule has 0 aromatic rings. The van der Waals surface area contributed by atoms with Crippen molar-refractivity contribution < 1.29 is 9.90 Å². The molecule has 2 amide bonds. The predicted octanol–water partition coefficient (Wildman–Crippen LogP) is 1.59. The third kappa shape index (κ3) is 4.00. The van der Waals surface area contributed by atoms with Gasteiger partial charge in [-0.05, 0) is 33.6 Å². The standard InChI is InChI=1S/C12H24N2O2/c1-12(2,3)13-11(16)14(4)8-9-6-5-7-10(9)15/h9-10,15H,5-8H2,1-4H3,(H,13,16). The van der Waals surface area contributed by atoms with Crippen LogP contribution in [0.5, 0.6) is 0 Å². The molecule has 1 aliphatic rings. The van der Waals surface area contributed by atoms with Crippen molar-refractivity contribution in [2.24, 2.45) is 5.92 Å². The van der Waals surface area contributed by atoms with Gasteiger partial charge in [0.1, 0.15) is 0 Å². The van der Waals surface area contributed by atoms with E-state index in [-0.39, 0.29) is 23.6 Å². The van der Waals surface area contributed by atoms with E-state index in [1.54, 1.807) is 11.9 Å². The summed E-state index contributed by atoms with van der Waals surface area (Å²) in [6.45, 7) is 6.53. The van der Waals surface area contributed by atoms with E-state index in [9.17, 15) is 9.90 Å². The molecule has 2 N–H and O–H groups in total. The van der Waals surface area contributed by atoms with Crippen LogP contribution in [0.15, 0.2) is 0 Å². The summed E-state index contributed by atoms with van der Waals surface area (Å²) >= 11 is 0. The number of urea groups is 1. The molecule has 0 radical (unpaired) electrons. The zero-order chi connectivity index (χ0) is 12.3. The maximum absolute atomic E-state index is 11.8. The predicted molar refractivity (Wildman–Crippen MR) is 64.3 cm³/mol. The van der Waals surface area contributed by atoms with E-state index in [1.165, 1.54) is 0 Å². The molecule has 0 aliphatic heterocycles. The number of amides is 2. The number of aliphatic hydroxyl groups is 1. The van der Waals surface area contributed by atoms with E-state index in [2.05, 4.69) is 5.32 Å². The Balaban J connectivity index is 2.39. The first-order chi connectivity index (χ1) is 7.29. The first-order valence-corrected chi connectivity index (χ1v) is 6.01. The molecule has 1 saturated carbocycles. The van der Waals surface area contributed by atoms with E-state index < -0.39 is 0 Å². The summed E-state index contributed by atoms with van der Waals surface area (Å²) in [5.41, 5.74) is -0.209. The highest BCUT2D eigenvalue weighted by atomic mass is 16.3. The van der Waals surface area contributed by atoms with Crippen molar-refractivity contribution in [3.05, 3.63) is 0 Å². The molecular formula is C12H24N2O2. The fourth-order valence-corrected chi connectivity index (χ4v) is 2.08. The van der Waals surface area contributed by atoms with Crippen LogP contribution in [0.1, 0.15) is 40.0 Å². The lowest BCUT2D eigenvalue weighted by atomic mass is 10.1. The van der Waals surface area contributed by atoms with E-state index >= 15 is 0 Å². The van der Waals surface area contributed by atoms with Crippen LogP contribution in [0.2, 0.25) is 0 Å². The lowest BCUT2D eigenvalue weighted by molar-refractivity contribution is 0.112. The molecule has 0 aromatic heterocycles. The van der Waals surface area contributed by atoms with Gasteiger partial charge in [0.15, 0.2) is 0 Å². The van der Waals surface area contributed by atoms with Crippen molar-refractivity contribution in [1.82, 2.24) is 10.2 Å². The van der Waals surface area contributed by atoms with Gasteiger partial charge in [0.2, 0.25) is 0 Å². The Morgan fingerprint density at radius 2 is 2.06 bits per heavy atom. The molecule has 94 valence electrons. The van der Waals surface area contributed by atoms with Crippen LogP contribution < -0.4 is 5.32 Å². The summed E-state index contributed by atoms with van der Waals surface area (Å²) in [4.78, 5) is 13.5. The number of hydrogen-bond donors (Lipinski definition) is 2. The zero-order valence-corrected chi connectivity index (χ0v) is 10.8. The van der Waals surface area contributed by atoms with Gasteiger partial charge in [-0.15, -0.1) is 0 Å². The summed E-state index contributed by atoms with van der Waals surface area (Å²) in [5.74, 6) is 0.246. The minimum absolute atomic E-state index is 0.0633. The highest BCUT2D eigenvalue weighted by molar-refractivity contribution is 5.74. The van der Waals surface area contributed by atoms with Crippen LogP contribution in [0.4, 0.5) is 4.79 Å². The average molecular weight is 228 g/mol. The first-order valence-electron chi connectivity index (χ1n) is 6.01. The lowest BCUT2D eigenvalue weighted by Crippen LogP contribution is -2.48. The minimum atomic E-state index is -0.232. The number of carbonyl (C=O) groups excluding carboxylic acids is 1. The second-order valence-corrected chi connectivity index (χ2v) is 5.82. The summed E-state index contributed by atoms with van der Waals surface area (Å²) in [6, 6.07) is -0.0633. The molecule has 1 fully saturated rings. The van der Waals surface area contributed by atoms with Crippen molar-refractivity contribution in [3.8, 4) is 0 Å². The Bertz CT molecular complexity index is 248. The number of nitrogens with zero attached hydrogens (tertiary/aromatic N) is 1. The molecule has 1 rings (SSSR count). The highest BCUT2D eigenvalue weighted by Crippen LogP contribution is 2.25. The molecule has 2 atom stereocenters. The van der Waals surface area contributed by atoms with Crippen molar-refractivity contribution in [3.63, 3.8) is 0 Å². The number of hydrogen-bond acceptors (Lipinski definition) is 2. The molecule has 4 heteroatoms. The van der Waals surface area contributed by atoms with Gasteiger partial charge in [-0.3, -0.25) is 0 Å². The average Bonchev–Trinajstić information content (AvgIpc) is 2.49. The zero-order valence-electron chi connectivity index (χ0n) is 10.8. The number of carbonyl (C=O) groups is 1. The monoisotopic (exact) mass is 228 g/mol. The topological polar surface area (TPSA) is 52.6 Å². The number of nitrogens with one attached hydrogen (secondary N) is 1. The molecule has 0 heterocycles. The highest BCUT2D eigenvalue weighted by Gasteiger charge is 2.28. The van der Waals surface area contributed by atoms with Gasteiger partial charge in [-0.1, -0.05) is 6.42 Å². The van der Waals surface area contributed by atoms with E-state index in [1.807, 2.05) is 20.8 Å².